The standard InChI is InChI=1S/C22H28N4O4/c1-3-4-17(27)22-9-6-21(7-10-22,8-11-22)14(2)24-19(28)16-13-15(20(29)30)25-18-5-12-23-26(16)18/h5,12-14H,3-4,6-11H2,1-2H3,(H,24,28)(H,29,30). The van der Waals surface area contributed by atoms with Gasteiger partial charge in [-0.15, -0.1) is 0 Å². The number of hydrogen-bond donors (Lipinski definition) is 2. The first-order chi connectivity index (χ1) is 14.3. The van der Waals surface area contributed by atoms with Crippen LogP contribution < -0.4 is 5.32 Å². The van der Waals surface area contributed by atoms with Crippen molar-refractivity contribution in [3.8, 4) is 0 Å². The van der Waals surface area contributed by atoms with Crippen molar-refractivity contribution in [1.29, 1.82) is 0 Å². The van der Waals surface area contributed by atoms with E-state index in [1.807, 2.05) is 13.8 Å². The number of fused-ring (bicyclic) bond motifs is 4. The van der Waals surface area contributed by atoms with Gasteiger partial charge in [-0.25, -0.2) is 14.3 Å². The molecule has 2 aromatic rings. The molecular formula is C22H28N4O4. The second kappa shape index (κ2) is 7.49. The molecule has 0 radical (unpaired) electrons. The molecule has 0 saturated heterocycles. The molecule has 3 aliphatic rings. The lowest BCUT2D eigenvalue weighted by molar-refractivity contribution is -0.139. The number of amides is 1. The Balaban J connectivity index is 1.52. The molecule has 160 valence electrons. The van der Waals surface area contributed by atoms with Gasteiger partial charge in [0.05, 0.1) is 6.20 Å². The molecular weight excluding hydrogens is 384 g/mol. The fraction of sp³-hybridized carbons (Fsp3) is 0.591. The minimum Gasteiger partial charge on any atom is -0.477 e. The van der Waals surface area contributed by atoms with Crippen LogP contribution in [0.4, 0.5) is 0 Å². The summed E-state index contributed by atoms with van der Waals surface area (Å²) in [5.74, 6) is -1.14. The van der Waals surface area contributed by atoms with Gasteiger partial charge in [-0.1, -0.05) is 6.92 Å². The monoisotopic (exact) mass is 412 g/mol. The number of carbonyl (C=O) groups is 3. The second-order valence-corrected chi connectivity index (χ2v) is 8.94. The molecule has 0 aromatic carbocycles. The Hall–Kier alpha value is -2.77. The van der Waals surface area contributed by atoms with E-state index in [0.29, 0.717) is 17.9 Å². The number of hydrogen-bond acceptors (Lipinski definition) is 5. The molecule has 2 heterocycles. The van der Waals surface area contributed by atoms with Crippen LogP contribution in [-0.2, 0) is 4.79 Å². The summed E-state index contributed by atoms with van der Waals surface area (Å²) in [5, 5.41) is 16.5. The van der Waals surface area contributed by atoms with E-state index in [2.05, 4.69) is 15.4 Å². The van der Waals surface area contributed by atoms with Gasteiger partial charge in [0.25, 0.3) is 5.91 Å². The van der Waals surface area contributed by atoms with Crippen LogP contribution in [0.1, 0.15) is 86.2 Å². The molecule has 5 rings (SSSR count). The van der Waals surface area contributed by atoms with Gasteiger partial charge in [0, 0.05) is 30.0 Å². The molecule has 2 aromatic heterocycles. The van der Waals surface area contributed by atoms with Crippen LogP contribution in [0.25, 0.3) is 5.65 Å². The van der Waals surface area contributed by atoms with Crippen molar-refractivity contribution in [3.63, 3.8) is 0 Å². The summed E-state index contributed by atoms with van der Waals surface area (Å²) in [6, 6.07) is 2.75. The second-order valence-electron chi connectivity index (χ2n) is 8.94. The Morgan fingerprint density at radius 3 is 2.47 bits per heavy atom. The maximum Gasteiger partial charge on any atom is 0.354 e. The van der Waals surface area contributed by atoms with E-state index in [4.69, 9.17) is 0 Å². The summed E-state index contributed by atoms with van der Waals surface area (Å²) >= 11 is 0. The number of carboxylic acid groups (broad SMARTS) is 1. The highest BCUT2D eigenvalue weighted by Crippen LogP contribution is 2.59. The van der Waals surface area contributed by atoms with Crippen molar-refractivity contribution in [2.75, 3.05) is 0 Å². The Morgan fingerprint density at radius 1 is 1.20 bits per heavy atom. The van der Waals surface area contributed by atoms with Crippen molar-refractivity contribution in [1.82, 2.24) is 19.9 Å². The van der Waals surface area contributed by atoms with Gasteiger partial charge in [-0.3, -0.25) is 9.59 Å². The zero-order valence-corrected chi connectivity index (χ0v) is 17.5. The number of Topliss-reactive ketones (excluding diaryl/α,β-unsaturated/α-hetero) is 1. The minimum absolute atomic E-state index is 0.0181. The van der Waals surface area contributed by atoms with Crippen LogP contribution in [0.2, 0.25) is 0 Å². The van der Waals surface area contributed by atoms with E-state index in [1.54, 1.807) is 6.07 Å². The quantitative estimate of drug-likeness (QED) is 0.722. The molecule has 1 atom stereocenters. The summed E-state index contributed by atoms with van der Waals surface area (Å²) in [4.78, 5) is 41.1. The third kappa shape index (κ3) is 3.28. The number of carbonyl (C=O) groups excluding carboxylic acids is 2. The Bertz CT molecular complexity index is 987. The van der Waals surface area contributed by atoms with Crippen LogP contribution in [0.3, 0.4) is 0 Å². The number of nitrogens with one attached hydrogen (secondary N) is 1. The van der Waals surface area contributed by atoms with Crippen LogP contribution in [0.5, 0.6) is 0 Å². The van der Waals surface area contributed by atoms with Crippen molar-refractivity contribution in [3.05, 3.63) is 29.7 Å². The van der Waals surface area contributed by atoms with Gasteiger partial charge in [-0.05, 0) is 57.3 Å². The van der Waals surface area contributed by atoms with Gasteiger partial charge in [0.1, 0.15) is 11.5 Å². The Morgan fingerprint density at radius 2 is 1.87 bits per heavy atom. The SMILES string of the molecule is CCCC(=O)C12CCC(C(C)NC(=O)c3cc(C(=O)O)nc4ccnn34)(CC1)CC2. The average Bonchev–Trinajstić information content (AvgIpc) is 3.23. The van der Waals surface area contributed by atoms with E-state index >= 15 is 0 Å². The van der Waals surface area contributed by atoms with E-state index in [-0.39, 0.29) is 34.2 Å². The highest BCUT2D eigenvalue weighted by Gasteiger charge is 2.53. The van der Waals surface area contributed by atoms with Crippen LogP contribution in [0, 0.1) is 10.8 Å². The average molecular weight is 412 g/mol. The molecule has 30 heavy (non-hydrogen) atoms. The number of rotatable bonds is 7. The largest absolute Gasteiger partial charge is 0.477 e. The molecule has 3 aliphatic carbocycles. The van der Waals surface area contributed by atoms with Crippen molar-refractivity contribution >= 4 is 23.3 Å². The molecule has 2 N–H and O–H groups in total. The highest BCUT2D eigenvalue weighted by atomic mass is 16.4. The molecule has 8 heteroatoms. The number of nitrogens with zero attached hydrogens (tertiary/aromatic N) is 3. The molecule has 1 amide bonds. The molecule has 3 saturated carbocycles. The summed E-state index contributed by atoms with van der Waals surface area (Å²) in [5.41, 5.74) is 0.124. The molecule has 2 bridgehead atoms. The summed E-state index contributed by atoms with van der Waals surface area (Å²) in [6.45, 7) is 4.07. The number of carboxylic acids is 1. The minimum atomic E-state index is -1.19. The van der Waals surface area contributed by atoms with E-state index in [1.165, 1.54) is 16.8 Å². The maximum absolute atomic E-state index is 13.1. The highest BCUT2D eigenvalue weighted by molar-refractivity contribution is 5.96. The molecule has 3 fully saturated rings. The fourth-order valence-electron chi connectivity index (χ4n) is 5.38. The summed E-state index contributed by atoms with van der Waals surface area (Å²) in [6.07, 6.45) is 8.52. The van der Waals surface area contributed by atoms with Gasteiger partial charge >= 0.3 is 5.97 Å². The number of aromatic carboxylic acids is 1. The first kappa shape index (κ1) is 20.5. The van der Waals surface area contributed by atoms with Gasteiger partial charge in [0.15, 0.2) is 11.3 Å². The normalized spacial score (nSPS) is 26.5. The van der Waals surface area contributed by atoms with Crippen molar-refractivity contribution < 1.29 is 19.5 Å². The summed E-state index contributed by atoms with van der Waals surface area (Å²) in [7, 11) is 0. The van der Waals surface area contributed by atoms with E-state index < -0.39 is 5.97 Å². The fourth-order valence-corrected chi connectivity index (χ4v) is 5.38. The van der Waals surface area contributed by atoms with Crippen LogP contribution >= 0.6 is 0 Å². The number of ketones is 1. The lowest BCUT2D eigenvalue weighted by Crippen LogP contribution is -2.54. The first-order valence-electron chi connectivity index (χ1n) is 10.7. The van der Waals surface area contributed by atoms with Gasteiger partial charge in [0.2, 0.25) is 0 Å². The molecule has 1 unspecified atom stereocenters. The van der Waals surface area contributed by atoms with Crippen LogP contribution in [-0.4, -0.2) is 43.4 Å². The Kier molecular flexibility index (Phi) is 5.11. The summed E-state index contributed by atoms with van der Waals surface area (Å²) < 4.78 is 1.36. The lowest BCUT2D eigenvalue weighted by Gasteiger charge is -2.55. The lowest BCUT2D eigenvalue weighted by atomic mass is 9.50. The smallest absolute Gasteiger partial charge is 0.354 e. The first-order valence-corrected chi connectivity index (χ1v) is 10.7. The Labute approximate surface area is 175 Å². The predicted octanol–water partition coefficient (Wildman–Crippen LogP) is 3.26. The molecule has 0 spiro atoms. The molecule has 0 aliphatic heterocycles. The zero-order chi connectivity index (χ0) is 21.5. The van der Waals surface area contributed by atoms with E-state index in [0.717, 1.165) is 44.9 Å². The zero-order valence-electron chi connectivity index (χ0n) is 17.5. The predicted molar refractivity (Wildman–Crippen MR) is 109 cm³/mol. The van der Waals surface area contributed by atoms with Gasteiger partial charge < -0.3 is 10.4 Å². The number of aromatic nitrogens is 3. The van der Waals surface area contributed by atoms with Gasteiger partial charge in [-0.2, -0.15) is 5.10 Å². The topological polar surface area (TPSA) is 114 Å². The van der Waals surface area contributed by atoms with Crippen molar-refractivity contribution in [2.24, 2.45) is 10.8 Å². The maximum atomic E-state index is 13.1. The molecule has 8 nitrogen and oxygen atoms in total. The third-order valence-corrected chi connectivity index (χ3v) is 7.45. The van der Waals surface area contributed by atoms with Crippen LogP contribution in [0.15, 0.2) is 18.3 Å². The third-order valence-electron chi connectivity index (χ3n) is 7.45. The van der Waals surface area contributed by atoms with E-state index in [9.17, 15) is 19.5 Å². The van der Waals surface area contributed by atoms with Crippen molar-refractivity contribution in [2.45, 2.75) is 71.3 Å².